The number of aliphatic hydroxyl groups is 4. The second-order valence-electron chi connectivity index (χ2n) is 38.1. The van der Waals surface area contributed by atoms with Gasteiger partial charge >= 0.3 is 39.3 Å². The predicted molar refractivity (Wildman–Crippen MR) is 528 cm³/mol. The molecular formula is C98H121Cl5F4N10O24P2. The maximum absolute atomic E-state index is 14.4. The Labute approximate surface area is 850 Å². The number of fused-ring (bicyclic) bond motifs is 6. The first-order valence-electron chi connectivity index (χ1n) is 46.2. The van der Waals surface area contributed by atoms with Crippen LogP contribution in [0.5, 0.6) is 0 Å². The van der Waals surface area contributed by atoms with Crippen molar-refractivity contribution in [1.29, 1.82) is 0 Å². The van der Waals surface area contributed by atoms with Crippen LogP contribution < -0.4 is 37.6 Å². The van der Waals surface area contributed by atoms with Gasteiger partial charge in [0, 0.05) is 129 Å². The molecule has 4 aliphatic carbocycles. The maximum atomic E-state index is 14.4. The van der Waals surface area contributed by atoms with Gasteiger partial charge in [0.25, 0.3) is 0 Å². The summed E-state index contributed by atoms with van der Waals surface area (Å²) in [5, 5.41) is 69.8. The van der Waals surface area contributed by atoms with Crippen LogP contribution in [0, 0.1) is 44.9 Å². The Morgan fingerprint density at radius 3 is 1.13 bits per heavy atom. The Balaban J connectivity index is 0.000000185. The average molecular weight is 2140 g/mol. The van der Waals surface area contributed by atoms with E-state index in [0.29, 0.717) is 93.2 Å². The quantitative estimate of drug-likeness (QED) is 0.0109. The lowest BCUT2D eigenvalue weighted by Gasteiger charge is -2.29. The third kappa shape index (κ3) is 26.5. The maximum Gasteiger partial charge on any atom is 0.411 e. The van der Waals surface area contributed by atoms with E-state index in [1.165, 1.54) is 75.7 Å². The largest absolute Gasteiger partial charge is 0.480 e. The van der Waals surface area contributed by atoms with E-state index in [-0.39, 0.29) is 201 Å². The second kappa shape index (κ2) is 47.4. The van der Waals surface area contributed by atoms with Crippen molar-refractivity contribution in [1.82, 2.24) is 45.1 Å². The first-order valence-corrected chi connectivity index (χ1v) is 50.8. The molecule has 6 aromatic carbocycles. The van der Waals surface area contributed by atoms with Gasteiger partial charge in [0.1, 0.15) is 65.7 Å². The molecular weight excluding hydrogens is 2020 g/mol. The van der Waals surface area contributed by atoms with Crippen LogP contribution in [-0.2, 0) is 105 Å². The van der Waals surface area contributed by atoms with E-state index in [0.717, 1.165) is 6.42 Å². The fourth-order valence-electron chi connectivity index (χ4n) is 18.5. The molecule has 45 heteroatoms. The van der Waals surface area contributed by atoms with Gasteiger partial charge in [0.2, 0.25) is 23.6 Å². The third-order valence-electron chi connectivity index (χ3n) is 26.1. The van der Waals surface area contributed by atoms with E-state index < -0.39 is 120 Å². The molecule has 0 spiro atoms. The molecule has 6 heterocycles. The summed E-state index contributed by atoms with van der Waals surface area (Å²) in [6.07, 6.45) is 6.25. The van der Waals surface area contributed by atoms with Crippen molar-refractivity contribution in [3.05, 3.63) is 198 Å². The van der Waals surface area contributed by atoms with E-state index in [1.807, 2.05) is 0 Å². The molecule has 2 aromatic heterocycles. The first kappa shape index (κ1) is 115. The van der Waals surface area contributed by atoms with E-state index in [9.17, 15) is 95.1 Å². The number of halogens is 9. The number of amides is 6. The number of carbonyl (C=O) groups is 10. The van der Waals surface area contributed by atoms with Crippen molar-refractivity contribution in [2.45, 2.75) is 233 Å². The standard InChI is InChI=1S/C30H34ClFN3O7P.C19H24ClFN2O4.C16H20NO6P.C14H16ClFN2O2.C12H19NO5.C7H7ClFN.ClH/c1-4-41-43(40,42-5-2)20-9-10-21-22(18(3)37)15-34(24(21)11-20)16-27(38)35-25(12-30(17-36)13-26(30)35)29(39)33-14-19-7-6-8-23(31)28(19)32;1-18(2,3)27-17(26)23-13(7-19(10-24)8-14(19)23)16(25)22-9-11-5-4-6-12(20)15(11)21;1-4-22-24(21,23-5-2)12-6-7-13-14(11(3)18)9-17(10-16(19)20)15(13)8-12;15-9-3-1-2-8(12(9)16)6-17-13(20)10-4-14(7-19)5-11(14)18-10;1-11(2,3)18-10(17)13-7(9(15)16)4-12(6-14)5-8(12)13;8-6-3-1-2-5(4-10)7(6)9;/h6-11,15,25-26,36H,4-5,12-14,16-17H2,1-3H3,(H,33,39);4-6,13-14,24H,7-10H2,1-3H3,(H,22,25);6-9H,4-5,10H2,1-3H3,(H,19,20);1-3,10-11,18-19H,4-7H2,(H,17,20);7-8,14H,4-6H2,1-3H3,(H,15,16);1-3H,4,10H2;1H/t25-,26?,30?;13-,14?,19?;;10-,11?,14?;7-,8?,12?;;/m00.00../s1. The van der Waals surface area contributed by atoms with E-state index in [4.69, 9.17) is 89.9 Å². The minimum atomic E-state index is -3.65. The van der Waals surface area contributed by atoms with Gasteiger partial charge in [0.05, 0.1) is 101 Å². The number of nitrogens with two attached hydrogens (primary N) is 1. The summed E-state index contributed by atoms with van der Waals surface area (Å²) in [4.78, 5) is 127. The molecule has 12 N–H and O–H groups in total. The molecule has 8 unspecified atom stereocenters. The molecule has 34 nitrogen and oxygen atoms in total. The average Bonchev–Trinajstić information content (AvgIpc) is 1.54. The number of piperidine rings is 4. The number of nitrogens with one attached hydrogen (secondary N) is 4. The lowest BCUT2D eigenvalue weighted by Crippen LogP contribution is -2.49. The highest BCUT2D eigenvalue weighted by Crippen LogP contribution is 2.62. The zero-order chi connectivity index (χ0) is 105. The molecule has 16 rings (SSSR count). The van der Waals surface area contributed by atoms with Gasteiger partial charge in [-0.2, -0.15) is 0 Å². The Morgan fingerprint density at radius 1 is 0.462 bits per heavy atom. The van der Waals surface area contributed by atoms with E-state index in [2.05, 4.69) is 21.3 Å². The van der Waals surface area contributed by atoms with Crippen LogP contribution in [0.15, 0.2) is 122 Å². The summed E-state index contributed by atoms with van der Waals surface area (Å²) in [6, 6.07) is 24.9. The Bertz CT molecular complexity index is 6170. The number of carboxylic acid groups (broad SMARTS) is 2. The SMILES string of the molecule is CC(C)(C)OC(=O)N1C2CC2(CO)C[C@H]1C(=O)NCc1cccc(Cl)c1F.CC(C)(C)OC(=O)N1C2CC2(CO)C[C@H]1C(=O)O.CCOP(=O)(OCC)c1ccc2c(C(C)=O)cn(CC(=O)N3C4CC4(CO)C[C@H]3C(=O)NCc3cccc(Cl)c3F)c2c1.CCOP(=O)(OCC)c1ccc2c(C(C)=O)cn(CC(=O)O)c2c1.Cl.NCc1cccc(Cl)c1F.O=C(NCc1cccc(Cl)c1F)[C@@H]1CC2(CO)CC2N1. The molecule has 0 bridgehead atoms. The van der Waals surface area contributed by atoms with Crippen molar-refractivity contribution in [3.63, 3.8) is 0 Å². The van der Waals surface area contributed by atoms with Gasteiger partial charge in [-0.25, -0.2) is 31.9 Å². The number of Topliss-reactive ketones (excluding diaryl/α,β-unsaturated/α-hetero) is 2. The molecule has 143 heavy (non-hydrogen) atoms. The second-order valence-corrected chi connectivity index (χ2v) is 43.8. The highest BCUT2D eigenvalue weighted by Gasteiger charge is 2.70. The highest BCUT2D eigenvalue weighted by molar-refractivity contribution is 7.62. The van der Waals surface area contributed by atoms with Crippen molar-refractivity contribution in [2.24, 2.45) is 27.4 Å². The lowest BCUT2D eigenvalue weighted by molar-refractivity contribution is -0.143. The molecule has 12 atom stereocenters. The van der Waals surface area contributed by atoms with Crippen molar-refractivity contribution in [3.8, 4) is 0 Å². The number of hydrogen-bond donors (Lipinski definition) is 11. The van der Waals surface area contributed by atoms with Gasteiger partial charge in [-0.15, -0.1) is 12.4 Å². The number of aromatic nitrogens is 2. The fourth-order valence-corrected chi connectivity index (χ4v) is 22.5. The van der Waals surface area contributed by atoms with E-state index >= 15 is 0 Å². The molecule has 6 amide bonds. The van der Waals surface area contributed by atoms with Crippen LogP contribution in [-0.4, -0.2) is 226 Å². The molecule has 4 aliphatic heterocycles. The number of hydrogen-bond acceptors (Lipinski definition) is 24. The highest BCUT2D eigenvalue weighted by atomic mass is 35.5. The minimum absolute atomic E-state index is 0. The van der Waals surface area contributed by atoms with E-state index in [1.54, 1.807) is 153 Å². The monoisotopic (exact) mass is 2130 g/mol. The summed E-state index contributed by atoms with van der Waals surface area (Å²) in [6.45, 7) is 20.3. The number of carbonyl (C=O) groups excluding carboxylic acids is 8. The summed E-state index contributed by atoms with van der Waals surface area (Å²) in [5.74, 6) is -6.00. The smallest absolute Gasteiger partial charge is 0.411 e. The number of ether oxygens (including phenoxy) is 2. The normalized spacial score (nSPS) is 22.7. The fraction of sp³-hybridized carbons (Fsp3) is 0.490. The van der Waals surface area contributed by atoms with Crippen LogP contribution in [0.2, 0.25) is 20.1 Å². The minimum Gasteiger partial charge on any atom is -0.480 e. The van der Waals surface area contributed by atoms with Crippen LogP contribution >= 0.6 is 74.0 Å². The van der Waals surface area contributed by atoms with Crippen LogP contribution in [0.25, 0.3) is 21.8 Å². The predicted octanol–water partition coefficient (Wildman–Crippen LogP) is 14.3. The van der Waals surface area contributed by atoms with Crippen molar-refractivity contribution < 1.29 is 133 Å². The number of benzene rings is 6. The Hall–Kier alpha value is -9.67. The number of aliphatic carboxylic acids is 2. The van der Waals surface area contributed by atoms with Crippen molar-refractivity contribution >= 4 is 166 Å². The molecule has 4 saturated carbocycles. The molecule has 780 valence electrons. The molecule has 4 saturated heterocycles. The first-order chi connectivity index (χ1) is 66.9. The summed E-state index contributed by atoms with van der Waals surface area (Å²) < 4.78 is 117. The number of rotatable bonds is 31. The van der Waals surface area contributed by atoms with Crippen LogP contribution in [0.3, 0.4) is 0 Å². The molecule has 8 fully saturated rings. The lowest BCUT2D eigenvalue weighted by atomic mass is 10.00. The number of nitrogens with zero attached hydrogens (tertiary/aromatic N) is 5. The number of aliphatic hydroxyl groups excluding tert-OH is 4. The van der Waals surface area contributed by atoms with Crippen LogP contribution in [0.4, 0.5) is 27.2 Å². The molecule has 8 aliphatic rings. The van der Waals surface area contributed by atoms with Gasteiger partial charge in [-0.05, 0) is 183 Å². The summed E-state index contributed by atoms with van der Waals surface area (Å²) >= 11 is 22.8. The van der Waals surface area contributed by atoms with Gasteiger partial charge in [0.15, 0.2) is 11.6 Å². The summed E-state index contributed by atoms with van der Waals surface area (Å²) in [5.41, 5.74) is 5.41. The summed E-state index contributed by atoms with van der Waals surface area (Å²) in [7, 11) is -7.14. The van der Waals surface area contributed by atoms with Gasteiger partial charge in [-0.1, -0.05) is 107 Å². The topological polar surface area (TPSA) is 475 Å². The molecule has 0 radical (unpaired) electrons. The number of ketones is 2. The Morgan fingerprint density at radius 2 is 0.797 bits per heavy atom. The van der Waals surface area contributed by atoms with Crippen molar-refractivity contribution in [2.75, 3.05) is 52.9 Å². The zero-order valence-corrected chi connectivity index (χ0v) is 86.5. The number of carboxylic acids is 2. The Kier molecular flexibility index (Phi) is 38.2. The zero-order valence-electron chi connectivity index (χ0n) is 80.9. The molecule has 8 aromatic rings. The third-order valence-corrected chi connectivity index (χ3v) is 31.4. The number of likely N-dealkylation sites (tertiary alicyclic amines) is 3. The van der Waals surface area contributed by atoms with Gasteiger partial charge < -0.3 is 99.2 Å². The van der Waals surface area contributed by atoms with Gasteiger partial charge in [-0.3, -0.25) is 52.5 Å². The van der Waals surface area contributed by atoms with Crippen LogP contribution in [0.1, 0.15) is 177 Å².